The number of rotatable bonds is 6. The zero-order valence-corrected chi connectivity index (χ0v) is 24.2. The number of carbonyl (C=O) groups is 3. The molecule has 3 aliphatic heterocycles. The van der Waals surface area contributed by atoms with Crippen LogP contribution in [0.1, 0.15) is 43.2 Å². The Kier molecular flexibility index (Phi) is 8.06. The van der Waals surface area contributed by atoms with Crippen LogP contribution in [0.2, 0.25) is 5.02 Å². The lowest BCUT2D eigenvalue weighted by atomic mass is 9.85. The first-order chi connectivity index (χ1) is 20.4. The van der Waals surface area contributed by atoms with E-state index in [2.05, 4.69) is 20.4 Å². The second kappa shape index (κ2) is 11.9. The quantitative estimate of drug-likeness (QED) is 0.366. The first-order valence-corrected chi connectivity index (χ1v) is 14.9. The van der Waals surface area contributed by atoms with Crippen LogP contribution >= 0.6 is 11.6 Å². The average Bonchev–Trinajstić information content (AvgIpc) is 3.40. The standard InChI is InChI=1S/C30H36ClN7O4/c31-25-16-20(15-22-18-33-35-27(22)25)19-42-29(41)38-13-8-24(17-30(38,9-14-39)36-10-6-23(32)7-11-36)37-12-5-21-3-1-2-4-26(21)34-28(37)40/h1-4,14-16,18,23-24H,5-13,17,19,32H2,(H,33,35)(H,34,40)/t24-,30+/m1/s1. The zero-order valence-electron chi connectivity index (χ0n) is 23.4. The van der Waals surface area contributed by atoms with Gasteiger partial charge in [-0.1, -0.05) is 29.8 Å². The van der Waals surface area contributed by atoms with Crippen molar-refractivity contribution in [3.05, 3.63) is 58.7 Å². The number of benzene rings is 2. The number of piperidine rings is 2. The Morgan fingerprint density at radius 1 is 1.17 bits per heavy atom. The molecular weight excluding hydrogens is 558 g/mol. The number of hydrogen-bond acceptors (Lipinski definition) is 7. The smallest absolute Gasteiger partial charge is 0.411 e. The predicted octanol–water partition coefficient (Wildman–Crippen LogP) is 4.12. The SMILES string of the molecule is NC1CCN([C@]2(CC=O)C[C@H](N3CCc4ccccc4NC3=O)CCN2C(=O)OCc2cc(Cl)c3[nH]ncc3c2)CC1. The van der Waals surface area contributed by atoms with Crippen molar-refractivity contribution in [3.63, 3.8) is 0 Å². The third-order valence-electron chi connectivity index (χ3n) is 9.02. The average molecular weight is 594 g/mol. The molecule has 4 N–H and O–H groups in total. The van der Waals surface area contributed by atoms with E-state index in [4.69, 9.17) is 22.1 Å². The number of fused-ring (bicyclic) bond motifs is 2. The van der Waals surface area contributed by atoms with Gasteiger partial charge >= 0.3 is 12.1 Å². The molecule has 0 saturated carbocycles. The fourth-order valence-electron chi connectivity index (χ4n) is 6.79. The summed E-state index contributed by atoms with van der Waals surface area (Å²) < 4.78 is 5.86. The Hall–Kier alpha value is -3.67. The molecule has 2 saturated heterocycles. The van der Waals surface area contributed by atoms with Crippen molar-refractivity contribution in [1.29, 1.82) is 0 Å². The number of carbonyl (C=O) groups excluding carboxylic acids is 3. The number of para-hydroxylation sites is 1. The number of nitrogens with one attached hydrogen (secondary N) is 2. The fourth-order valence-corrected chi connectivity index (χ4v) is 7.08. The molecule has 0 aliphatic carbocycles. The Bertz CT molecular complexity index is 1470. The molecule has 11 nitrogen and oxygen atoms in total. The molecule has 6 rings (SSSR count). The van der Waals surface area contributed by atoms with Crippen molar-refractivity contribution >= 4 is 46.6 Å². The topological polar surface area (TPSA) is 137 Å². The van der Waals surface area contributed by atoms with E-state index in [1.807, 2.05) is 35.2 Å². The maximum atomic E-state index is 13.8. The summed E-state index contributed by atoms with van der Waals surface area (Å²) in [5.74, 6) is 0. The number of halogens is 1. The molecule has 4 heterocycles. The van der Waals surface area contributed by atoms with Crippen molar-refractivity contribution < 1.29 is 19.1 Å². The Morgan fingerprint density at radius 2 is 1.98 bits per heavy atom. The van der Waals surface area contributed by atoms with Crippen LogP contribution in [0.3, 0.4) is 0 Å². The highest BCUT2D eigenvalue weighted by molar-refractivity contribution is 6.35. The van der Waals surface area contributed by atoms with Gasteiger partial charge < -0.3 is 25.5 Å². The minimum atomic E-state index is -0.937. The second-order valence-electron chi connectivity index (χ2n) is 11.5. The maximum absolute atomic E-state index is 13.8. The first kappa shape index (κ1) is 28.4. The highest BCUT2D eigenvalue weighted by Crippen LogP contribution is 2.39. The molecule has 2 fully saturated rings. The second-order valence-corrected chi connectivity index (χ2v) is 11.9. The van der Waals surface area contributed by atoms with Gasteiger partial charge in [0.05, 0.1) is 16.7 Å². The lowest BCUT2D eigenvalue weighted by Crippen LogP contribution is -2.69. The van der Waals surface area contributed by atoms with Crippen LogP contribution in [0.25, 0.3) is 10.9 Å². The molecule has 2 aromatic carbocycles. The van der Waals surface area contributed by atoms with Crippen molar-refractivity contribution in [2.45, 2.75) is 62.9 Å². The van der Waals surface area contributed by atoms with E-state index >= 15 is 0 Å². The van der Waals surface area contributed by atoms with Crippen LogP contribution in [0.5, 0.6) is 0 Å². The molecule has 12 heteroatoms. The summed E-state index contributed by atoms with van der Waals surface area (Å²) in [5, 5.41) is 11.3. The number of aromatic nitrogens is 2. The van der Waals surface area contributed by atoms with Crippen LogP contribution < -0.4 is 11.1 Å². The summed E-state index contributed by atoms with van der Waals surface area (Å²) in [6, 6.07) is 11.2. The zero-order chi connectivity index (χ0) is 29.3. The van der Waals surface area contributed by atoms with Crippen LogP contribution in [0, 0.1) is 0 Å². The molecule has 1 aromatic heterocycles. The van der Waals surface area contributed by atoms with Gasteiger partial charge in [0, 0.05) is 62.2 Å². The number of aromatic amines is 1. The molecule has 0 bridgehead atoms. The van der Waals surface area contributed by atoms with Gasteiger partial charge in [0.1, 0.15) is 18.6 Å². The minimum Gasteiger partial charge on any atom is -0.444 e. The number of amides is 3. The number of aldehydes is 1. The van der Waals surface area contributed by atoms with Crippen LogP contribution in [-0.2, 0) is 22.6 Å². The van der Waals surface area contributed by atoms with Gasteiger partial charge in [-0.3, -0.25) is 14.9 Å². The van der Waals surface area contributed by atoms with Crippen molar-refractivity contribution in [2.75, 3.05) is 31.5 Å². The predicted molar refractivity (Wildman–Crippen MR) is 159 cm³/mol. The maximum Gasteiger partial charge on any atom is 0.411 e. The Balaban J connectivity index is 1.25. The molecule has 3 aliphatic rings. The van der Waals surface area contributed by atoms with Gasteiger partial charge in [0.2, 0.25) is 0 Å². The normalized spacial score (nSPS) is 23.8. The summed E-state index contributed by atoms with van der Waals surface area (Å²) in [7, 11) is 0. The molecule has 0 unspecified atom stereocenters. The highest BCUT2D eigenvalue weighted by Gasteiger charge is 2.51. The number of hydrogen-bond donors (Lipinski definition) is 3. The fraction of sp³-hybridized carbons (Fsp3) is 0.467. The molecule has 42 heavy (non-hydrogen) atoms. The minimum absolute atomic E-state index is 0.0223. The van der Waals surface area contributed by atoms with Gasteiger partial charge in [0.25, 0.3) is 0 Å². The summed E-state index contributed by atoms with van der Waals surface area (Å²) in [4.78, 5) is 45.3. The van der Waals surface area contributed by atoms with E-state index in [-0.39, 0.29) is 31.1 Å². The van der Waals surface area contributed by atoms with Gasteiger partial charge in [-0.2, -0.15) is 5.10 Å². The summed E-state index contributed by atoms with van der Waals surface area (Å²) in [5.41, 5.74) is 8.68. The van der Waals surface area contributed by atoms with Gasteiger partial charge in [-0.25, -0.2) is 9.59 Å². The number of nitrogens with zero attached hydrogens (tertiary/aromatic N) is 4. The lowest BCUT2D eigenvalue weighted by molar-refractivity contribution is -0.126. The Morgan fingerprint density at radius 3 is 2.79 bits per heavy atom. The van der Waals surface area contributed by atoms with Gasteiger partial charge in [0.15, 0.2) is 0 Å². The van der Waals surface area contributed by atoms with E-state index in [1.165, 1.54) is 0 Å². The molecule has 3 aromatic rings. The number of urea groups is 1. The molecule has 0 spiro atoms. The number of H-pyrrole nitrogens is 1. The monoisotopic (exact) mass is 593 g/mol. The van der Waals surface area contributed by atoms with E-state index in [9.17, 15) is 14.4 Å². The number of nitrogens with two attached hydrogens (primary N) is 1. The van der Waals surface area contributed by atoms with Gasteiger partial charge in [-0.15, -0.1) is 0 Å². The number of likely N-dealkylation sites (tertiary alicyclic amines) is 2. The number of ether oxygens (including phenoxy) is 1. The van der Waals surface area contributed by atoms with E-state index in [0.717, 1.165) is 53.3 Å². The summed E-state index contributed by atoms with van der Waals surface area (Å²) in [6.07, 6.45) is 5.41. The third kappa shape index (κ3) is 5.44. The molecule has 0 radical (unpaired) electrons. The Labute approximate surface area is 249 Å². The van der Waals surface area contributed by atoms with Crippen molar-refractivity contribution in [3.8, 4) is 0 Å². The van der Waals surface area contributed by atoms with Crippen LogP contribution in [-0.4, -0.2) is 87.2 Å². The van der Waals surface area contributed by atoms with Crippen molar-refractivity contribution in [1.82, 2.24) is 24.9 Å². The third-order valence-corrected chi connectivity index (χ3v) is 9.31. The van der Waals surface area contributed by atoms with E-state index in [1.54, 1.807) is 17.2 Å². The number of anilines is 1. The molecular formula is C30H36ClN7O4. The van der Waals surface area contributed by atoms with Crippen LogP contribution in [0.15, 0.2) is 42.6 Å². The molecule has 222 valence electrons. The van der Waals surface area contributed by atoms with E-state index in [0.29, 0.717) is 44.0 Å². The summed E-state index contributed by atoms with van der Waals surface area (Å²) in [6.45, 7) is 2.22. The molecule has 2 atom stereocenters. The largest absolute Gasteiger partial charge is 0.444 e. The highest BCUT2D eigenvalue weighted by atomic mass is 35.5. The summed E-state index contributed by atoms with van der Waals surface area (Å²) >= 11 is 6.40. The van der Waals surface area contributed by atoms with E-state index < -0.39 is 11.8 Å². The molecule has 3 amide bonds. The first-order valence-electron chi connectivity index (χ1n) is 14.5. The van der Waals surface area contributed by atoms with Crippen molar-refractivity contribution in [2.24, 2.45) is 5.73 Å². The van der Waals surface area contributed by atoms with Gasteiger partial charge in [-0.05, 0) is 55.0 Å². The van der Waals surface area contributed by atoms with Crippen LogP contribution in [0.4, 0.5) is 15.3 Å². The lowest BCUT2D eigenvalue weighted by Gasteiger charge is -2.56.